The number of nitrogens with one attached hydrogen (secondary N) is 1. The van der Waals surface area contributed by atoms with Gasteiger partial charge in [-0.05, 0) is 44.2 Å². The van der Waals surface area contributed by atoms with E-state index in [0.29, 0.717) is 5.56 Å². The van der Waals surface area contributed by atoms with E-state index in [-0.39, 0.29) is 23.8 Å². The second-order valence-electron chi connectivity index (χ2n) is 4.47. The van der Waals surface area contributed by atoms with Crippen LogP contribution in [0.1, 0.15) is 28.4 Å². The Morgan fingerprint density at radius 2 is 2.11 bits per heavy atom. The number of hydrogen-bond donors (Lipinski definition) is 2. The summed E-state index contributed by atoms with van der Waals surface area (Å²) in [6, 6.07) is 5.66. The molecule has 0 aliphatic heterocycles. The first kappa shape index (κ1) is 15.1. The number of aliphatic hydroxyl groups excluding tert-OH is 1. The number of rotatable bonds is 5. The second-order valence-corrected chi connectivity index (χ2v) is 5.54. The molecule has 1 aromatic carbocycles. The van der Waals surface area contributed by atoms with E-state index >= 15 is 0 Å². The molecule has 2 atom stereocenters. The highest BCUT2D eigenvalue weighted by Gasteiger charge is 2.19. The highest BCUT2D eigenvalue weighted by molar-refractivity contribution is 7.99. The van der Waals surface area contributed by atoms with Gasteiger partial charge < -0.3 is 10.4 Å². The maximum absolute atomic E-state index is 12.2. The summed E-state index contributed by atoms with van der Waals surface area (Å²) in [4.78, 5) is 12.2. The van der Waals surface area contributed by atoms with Crippen molar-refractivity contribution in [3.05, 3.63) is 34.9 Å². The van der Waals surface area contributed by atoms with E-state index in [9.17, 15) is 9.90 Å². The Morgan fingerprint density at radius 1 is 1.44 bits per heavy atom. The predicted molar refractivity (Wildman–Crippen MR) is 77.2 cm³/mol. The van der Waals surface area contributed by atoms with E-state index in [2.05, 4.69) is 5.32 Å². The SMILES string of the molecule is CSC(CO)C(C)NC(=O)c1cccc(C)c1C. The number of carbonyl (C=O) groups excluding carboxylic acids is 1. The number of thioether (sulfide) groups is 1. The van der Waals surface area contributed by atoms with Crippen LogP contribution in [0.3, 0.4) is 0 Å². The van der Waals surface area contributed by atoms with Gasteiger partial charge in [-0.3, -0.25) is 4.79 Å². The van der Waals surface area contributed by atoms with Crippen molar-refractivity contribution in [1.29, 1.82) is 0 Å². The first-order valence-corrected chi connectivity index (χ1v) is 7.30. The topological polar surface area (TPSA) is 49.3 Å². The highest BCUT2D eigenvalue weighted by Crippen LogP contribution is 2.15. The standard InChI is InChI=1S/C14H21NO2S/c1-9-6-5-7-12(10(9)2)14(17)15-11(3)13(8-16)18-4/h5-7,11,13,16H,8H2,1-4H3,(H,15,17). The number of hydrogen-bond acceptors (Lipinski definition) is 3. The molecule has 4 heteroatoms. The number of amides is 1. The van der Waals surface area contributed by atoms with Crippen LogP contribution in [-0.2, 0) is 0 Å². The normalized spacial score (nSPS) is 14.1. The van der Waals surface area contributed by atoms with Crippen molar-refractivity contribution in [1.82, 2.24) is 5.32 Å². The van der Waals surface area contributed by atoms with Gasteiger partial charge in [-0.2, -0.15) is 11.8 Å². The maximum atomic E-state index is 12.2. The van der Waals surface area contributed by atoms with Crippen molar-refractivity contribution in [3.8, 4) is 0 Å². The summed E-state index contributed by atoms with van der Waals surface area (Å²) in [7, 11) is 0. The lowest BCUT2D eigenvalue weighted by atomic mass is 10.0. The molecule has 0 bridgehead atoms. The Kier molecular flexibility index (Phi) is 5.69. The quantitative estimate of drug-likeness (QED) is 0.859. The lowest BCUT2D eigenvalue weighted by Crippen LogP contribution is -2.41. The summed E-state index contributed by atoms with van der Waals surface area (Å²) >= 11 is 1.56. The van der Waals surface area contributed by atoms with Gasteiger partial charge in [0, 0.05) is 16.9 Å². The van der Waals surface area contributed by atoms with Crippen molar-refractivity contribution < 1.29 is 9.90 Å². The van der Waals surface area contributed by atoms with Crippen LogP contribution >= 0.6 is 11.8 Å². The third kappa shape index (κ3) is 3.50. The van der Waals surface area contributed by atoms with Crippen molar-refractivity contribution in [3.63, 3.8) is 0 Å². The van der Waals surface area contributed by atoms with Gasteiger partial charge in [0.1, 0.15) is 0 Å². The molecule has 1 aromatic rings. The molecular weight excluding hydrogens is 246 g/mol. The molecule has 0 aliphatic carbocycles. The lowest BCUT2D eigenvalue weighted by Gasteiger charge is -2.22. The fourth-order valence-corrected chi connectivity index (χ4v) is 2.44. The van der Waals surface area contributed by atoms with Crippen LogP contribution in [-0.4, -0.2) is 35.2 Å². The summed E-state index contributed by atoms with van der Waals surface area (Å²) in [6.45, 7) is 5.93. The minimum absolute atomic E-state index is 0.0269. The van der Waals surface area contributed by atoms with Crippen LogP contribution in [0.5, 0.6) is 0 Å². The van der Waals surface area contributed by atoms with Crippen molar-refractivity contribution in [2.24, 2.45) is 0 Å². The third-order valence-corrected chi connectivity index (χ3v) is 4.41. The molecule has 0 spiro atoms. The number of carbonyl (C=O) groups is 1. The number of benzene rings is 1. The highest BCUT2D eigenvalue weighted by atomic mass is 32.2. The van der Waals surface area contributed by atoms with E-state index in [1.807, 2.05) is 45.2 Å². The fourth-order valence-electron chi connectivity index (χ4n) is 1.81. The van der Waals surface area contributed by atoms with E-state index < -0.39 is 0 Å². The summed E-state index contributed by atoms with van der Waals surface area (Å²) in [6.07, 6.45) is 1.93. The van der Waals surface area contributed by atoms with Gasteiger partial charge in [-0.25, -0.2) is 0 Å². The third-order valence-electron chi connectivity index (χ3n) is 3.25. The van der Waals surface area contributed by atoms with E-state index in [1.165, 1.54) is 0 Å². The molecule has 18 heavy (non-hydrogen) atoms. The molecule has 0 fully saturated rings. The fraction of sp³-hybridized carbons (Fsp3) is 0.500. The molecule has 2 unspecified atom stereocenters. The molecule has 0 radical (unpaired) electrons. The van der Waals surface area contributed by atoms with Gasteiger partial charge in [0.05, 0.1) is 6.61 Å². The molecule has 0 aromatic heterocycles. The zero-order valence-electron chi connectivity index (χ0n) is 11.4. The zero-order chi connectivity index (χ0) is 13.7. The molecule has 2 N–H and O–H groups in total. The van der Waals surface area contributed by atoms with Gasteiger partial charge in [0.2, 0.25) is 0 Å². The minimum atomic E-state index is -0.0730. The zero-order valence-corrected chi connectivity index (χ0v) is 12.2. The van der Waals surface area contributed by atoms with E-state index in [0.717, 1.165) is 11.1 Å². The molecular formula is C14H21NO2S. The Bertz CT molecular complexity index is 416. The molecule has 1 rings (SSSR count). The first-order valence-electron chi connectivity index (χ1n) is 6.02. The molecule has 100 valence electrons. The summed E-state index contributed by atoms with van der Waals surface area (Å²) in [5, 5.41) is 12.2. The Hall–Kier alpha value is -1.00. The molecule has 3 nitrogen and oxygen atoms in total. The van der Waals surface area contributed by atoms with Crippen LogP contribution in [0, 0.1) is 13.8 Å². The number of aryl methyl sites for hydroxylation is 1. The van der Waals surface area contributed by atoms with Crippen LogP contribution in [0.4, 0.5) is 0 Å². The van der Waals surface area contributed by atoms with Gasteiger partial charge in [-0.1, -0.05) is 12.1 Å². The molecule has 0 aliphatic rings. The molecule has 0 heterocycles. The van der Waals surface area contributed by atoms with Crippen LogP contribution in [0.2, 0.25) is 0 Å². The average molecular weight is 267 g/mol. The first-order chi connectivity index (χ1) is 8.51. The van der Waals surface area contributed by atoms with Gasteiger partial charge in [0.15, 0.2) is 0 Å². The van der Waals surface area contributed by atoms with Crippen LogP contribution in [0.15, 0.2) is 18.2 Å². The van der Waals surface area contributed by atoms with Crippen LogP contribution in [0.25, 0.3) is 0 Å². The molecule has 0 saturated carbocycles. The smallest absolute Gasteiger partial charge is 0.251 e. The van der Waals surface area contributed by atoms with Crippen LogP contribution < -0.4 is 5.32 Å². The lowest BCUT2D eigenvalue weighted by molar-refractivity contribution is 0.0935. The number of aliphatic hydroxyl groups is 1. The second kappa shape index (κ2) is 6.81. The van der Waals surface area contributed by atoms with Gasteiger partial charge >= 0.3 is 0 Å². The van der Waals surface area contributed by atoms with Gasteiger partial charge in [0.25, 0.3) is 5.91 Å². The monoisotopic (exact) mass is 267 g/mol. The predicted octanol–water partition coefficient (Wildman–Crippen LogP) is 2.15. The Balaban J connectivity index is 2.79. The Labute approximate surface area is 113 Å². The van der Waals surface area contributed by atoms with E-state index in [4.69, 9.17) is 0 Å². The average Bonchev–Trinajstić information content (AvgIpc) is 2.34. The largest absolute Gasteiger partial charge is 0.395 e. The maximum Gasteiger partial charge on any atom is 0.251 e. The summed E-state index contributed by atoms with van der Waals surface area (Å²) in [5.41, 5.74) is 2.82. The van der Waals surface area contributed by atoms with E-state index in [1.54, 1.807) is 11.8 Å². The molecule has 0 saturated heterocycles. The minimum Gasteiger partial charge on any atom is -0.395 e. The summed E-state index contributed by atoms with van der Waals surface area (Å²) in [5.74, 6) is -0.0730. The van der Waals surface area contributed by atoms with Crippen molar-refractivity contribution in [2.45, 2.75) is 32.1 Å². The van der Waals surface area contributed by atoms with Crippen molar-refractivity contribution >= 4 is 17.7 Å². The summed E-state index contributed by atoms with van der Waals surface area (Å²) < 4.78 is 0. The molecule has 1 amide bonds. The van der Waals surface area contributed by atoms with Gasteiger partial charge in [-0.15, -0.1) is 0 Å². The Morgan fingerprint density at radius 3 is 2.67 bits per heavy atom. The van der Waals surface area contributed by atoms with Crippen molar-refractivity contribution in [2.75, 3.05) is 12.9 Å².